The lowest BCUT2D eigenvalue weighted by Crippen LogP contribution is -2.40. The third-order valence-corrected chi connectivity index (χ3v) is 6.79. The van der Waals surface area contributed by atoms with Crippen LogP contribution in [-0.2, 0) is 21.4 Å². The lowest BCUT2D eigenvalue weighted by Gasteiger charge is -2.21. The van der Waals surface area contributed by atoms with Gasteiger partial charge in [-0.1, -0.05) is 13.0 Å². The molecule has 8 heteroatoms. The molecule has 1 N–H and O–H groups in total. The first-order chi connectivity index (χ1) is 10.4. The van der Waals surface area contributed by atoms with Gasteiger partial charge in [0.2, 0.25) is 10.0 Å². The van der Waals surface area contributed by atoms with Gasteiger partial charge < -0.3 is 5.11 Å². The summed E-state index contributed by atoms with van der Waals surface area (Å²) in [5.74, 6) is -1.12. The zero-order chi connectivity index (χ0) is 15.9. The first-order valence-electron chi connectivity index (χ1n) is 6.74. The number of sulfonamides is 1. The fourth-order valence-corrected chi connectivity index (χ4v) is 5.88. The Labute approximate surface area is 132 Å². The number of nitrogens with zero attached hydrogens (tertiary/aromatic N) is 2. The Hall–Kier alpha value is -1.77. The Kier molecular flexibility index (Phi) is 3.75. The second-order valence-electron chi connectivity index (χ2n) is 4.93. The van der Waals surface area contributed by atoms with E-state index in [1.807, 2.05) is 12.1 Å². The zero-order valence-corrected chi connectivity index (χ0v) is 13.4. The number of aliphatic carboxylic acids is 1. The number of carboxylic acid groups (broad SMARTS) is 1. The topological polar surface area (TPSA) is 87.6 Å². The molecule has 2 aromatic heterocycles. The van der Waals surface area contributed by atoms with Gasteiger partial charge in [0.1, 0.15) is 6.04 Å². The van der Waals surface area contributed by atoms with Crippen LogP contribution in [-0.4, -0.2) is 34.8 Å². The van der Waals surface area contributed by atoms with Crippen LogP contribution >= 0.6 is 11.3 Å². The van der Waals surface area contributed by atoms with E-state index < -0.39 is 22.0 Å². The predicted octanol–water partition coefficient (Wildman–Crippen LogP) is 2.18. The SMILES string of the molecule is CCC(C(=O)O)N1Cc2sc(-c3ccccn3)cc2S1(=O)=O. The second-order valence-corrected chi connectivity index (χ2v) is 7.92. The zero-order valence-electron chi connectivity index (χ0n) is 11.8. The maximum atomic E-state index is 12.6. The molecule has 0 radical (unpaired) electrons. The summed E-state index contributed by atoms with van der Waals surface area (Å²) in [7, 11) is -3.75. The van der Waals surface area contributed by atoms with Gasteiger partial charge in [-0.05, 0) is 24.6 Å². The van der Waals surface area contributed by atoms with Gasteiger partial charge in [-0.2, -0.15) is 4.31 Å². The molecule has 6 nitrogen and oxygen atoms in total. The lowest BCUT2D eigenvalue weighted by atomic mass is 10.2. The van der Waals surface area contributed by atoms with Gasteiger partial charge in [0, 0.05) is 11.1 Å². The molecule has 2 aromatic rings. The molecule has 3 rings (SSSR count). The number of fused-ring (bicyclic) bond motifs is 1. The smallest absolute Gasteiger partial charge is 0.322 e. The van der Waals surface area contributed by atoms with Crippen LogP contribution < -0.4 is 0 Å². The summed E-state index contributed by atoms with van der Waals surface area (Å²) in [6, 6.07) is 6.01. The molecule has 1 aliphatic heterocycles. The molecule has 0 aromatic carbocycles. The van der Waals surface area contributed by atoms with Crippen molar-refractivity contribution >= 4 is 27.3 Å². The van der Waals surface area contributed by atoms with Crippen molar-refractivity contribution < 1.29 is 18.3 Å². The minimum atomic E-state index is -3.75. The van der Waals surface area contributed by atoms with Crippen LogP contribution in [0.5, 0.6) is 0 Å². The van der Waals surface area contributed by atoms with Gasteiger partial charge in [0.05, 0.1) is 22.0 Å². The van der Waals surface area contributed by atoms with Crippen LogP contribution in [0.25, 0.3) is 10.6 Å². The third kappa shape index (κ3) is 2.33. The summed E-state index contributed by atoms with van der Waals surface area (Å²) in [6.45, 7) is 1.78. The van der Waals surface area contributed by atoms with E-state index in [0.29, 0.717) is 10.6 Å². The van der Waals surface area contributed by atoms with Crippen LogP contribution in [0.2, 0.25) is 0 Å². The van der Waals surface area contributed by atoms with Crippen molar-refractivity contribution in [3.05, 3.63) is 35.3 Å². The highest BCUT2D eigenvalue weighted by Crippen LogP contribution is 2.41. The van der Waals surface area contributed by atoms with Crippen molar-refractivity contribution in [1.29, 1.82) is 0 Å². The number of carbonyl (C=O) groups is 1. The van der Waals surface area contributed by atoms with E-state index in [2.05, 4.69) is 4.98 Å². The second kappa shape index (κ2) is 5.45. The van der Waals surface area contributed by atoms with Crippen LogP contribution in [0.4, 0.5) is 0 Å². The Morgan fingerprint density at radius 1 is 1.50 bits per heavy atom. The maximum absolute atomic E-state index is 12.6. The standard InChI is InChI=1S/C14H14N2O4S2/c1-2-10(14(17)18)16-8-12-13(22(16,19)20)7-11(21-12)9-5-3-4-6-15-9/h3-7,10H,2,8H2,1H3,(H,17,18). The third-order valence-electron chi connectivity index (χ3n) is 3.59. The Morgan fingerprint density at radius 3 is 2.82 bits per heavy atom. The molecule has 1 unspecified atom stereocenters. The predicted molar refractivity (Wildman–Crippen MR) is 82.0 cm³/mol. The molecule has 1 aliphatic rings. The molecule has 0 saturated heterocycles. The number of hydrogen-bond acceptors (Lipinski definition) is 5. The highest BCUT2D eigenvalue weighted by Gasteiger charge is 2.43. The molecule has 22 heavy (non-hydrogen) atoms. The highest BCUT2D eigenvalue weighted by atomic mass is 32.2. The van der Waals surface area contributed by atoms with Gasteiger partial charge >= 0.3 is 5.97 Å². The minimum absolute atomic E-state index is 0.111. The molecule has 0 amide bonds. The monoisotopic (exact) mass is 338 g/mol. The fraction of sp³-hybridized carbons (Fsp3) is 0.286. The molecule has 116 valence electrons. The summed E-state index contributed by atoms with van der Waals surface area (Å²) in [5.41, 5.74) is 0.717. The van der Waals surface area contributed by atoms with Gasteiger partial charge in [-0.3, -0.25) is 9.78 Å². The molecular formula is C14H14N2O4S2. The Bertz CT molecular complexity index is 815. The first kappa shape index (κ1) is 15.1. The molecule has 1 atom stereocenters. The number of rotatable bonds is 4. The van der Waals surface area contributed by atoms with Crippen LogP contribution in [0.15, 0.2) is 35.4 Å². The average molecular weight is 338 g/mol. The van der Waals surface area contributed by atoms with Crippen LogP contribution in [0, 0.1) is 0 Å². The lowest BCUT2D eigenvalue weighted by molar-refractivity contribution is -0.141. The minimum Gasteiger partial charge on any atom is -0.480 e. The Balaban J connectivity index is 2.00. The maximum Gasteiger partial charge on any atom is 0.322 e. The number of hydrogen-bond donors (Lipinski definition) is 1. The van der Waals surface area contributed by atoms with Crippen molar-refractivity contribution in [1.82, 2.24) is 9.29 Å². The van der Waals surface area contributed by atoms with Crippen molar-refractivity contribution in [2.45, 2.75) is 30.8 Å². The number of thiophene rings is 1. The summed E-state index contributed by atoms with van der Waals surface area (Å²) in [6.07, 6.45) is 1.88. The normalized spacial score (nSPS) is 18.0. The highest BCUT2D eigenvalue weighted by molar-refractivity contribution is 7.89. The summed E-state index contributed by atoms with van der Waals surface area (Å²) >= 11 is 1.34. The molecule has 0 saturated carbocycles. The molecule has 0 fully saturated rings. The summed E-state index contributed by atoms with van der Waals surface area (Å²) < 4.78 is 26.2. The van der Waals surface area contributed by atoms with E-state index in [1.165, 1.54) is 11.3 Å². The first-order valence-corrected chi connectivity index (χ1v) is 8.99. The van der Waals surface area contributed by atoms with Crippen molar-refractivity contribution in [2.75, 3.05) is 0 Å². The quantitative estimate of drug-likeness (QED) is 0.923. The molecule has 0 bridgehead atoms. The summed E-state index contributed by atoms with van der Waals surface area (Å²) in [5, 5.41) is 9.20. The van der Waals surface area contributed by atoms with Gasteiger partial charge in [0.15, 0.2) is 0 Å². The number of carboxylic acids is 1. The van der Waals surface area contributed by atoms with Crippen molar-refractivity contribution in [3.8, 4) is 10.6 Å². The van der Waals surface area contributed by atoms with E-state index in [9.17, 15) is 18.3 Å². The average Bonchev–Trinajstić information content (AvgIpc) is 3.01. The van der Waals surface area contributed by atoms with E-state index in [1.54, 1.807) is 25.3 Å². The Morgan fingerprint density at radius 2 is 2.27 bits per heavy atom. The molecular weight excluding hydrogens is 324 g/mol. The fourth-order valence-electron chi connectivity index (χ4n) is 2.51. The number of aromatic nitrogens is 1. The van der Waals surface area contributed by atoms with Gasteiger partial charge in [-0.25, -0.2) is 8.42 Å². The van der Waals surface area contributed by atoms with Gasteiger partial charge in [-0.15, -0.1) is 11.3 Å². The van der Waals surface area contributed by atoms with E-state index in [-0.39, 0.29) is 17.9 Å². The number of pyridine rings is 1. The van der Waals surface area contributed by atoms with Crippen LogP contribution in [0.3, 0.4) is 0 Å². The van der Waals surface area contributed by atoms with E-state index in [0.717, 1.165) is 9.18 Å². The summed E-state index contributed by atoms with van der Waals surface area (Å²) in [4.78, 5) is 17.1. The van der Waals surface area contributed by atoms with Crippen molar-refractivity contribution in [3.63, 3.8) is 0 Å². The van der Waals surface area contributed by atoms with E-state index >= 15 is 0 Å². The van der Waals surface area contributed by atoms with E-state index in [4.69, 9.17) is 0 Å². The largest absolute Gasteiger partial charge is 0.480 e. The molecule has 0 spiro atoms. The van der Waals surface area contributed by atoms with Gasteiger partial charge in [0.25, 0.3) is 0 Å². The van der Waals surface area contributed by atoms with Crippen molar-refractivity contribution in [2.24, 2.45) is 0 Å². The molecule has 0 aliphatic carbocycles. The molecule has 3 heterocycles. The van der Waals surface area contributed by atoms with Crippen LogP contribution in [0.1, 0.15) is 18.2 Å².